The Morgan fingerprint density at radius 1 is 1.04 bits per heavy atom. The second-order valence-electron chi connectivity index (χ2n) is 7.17. The Bertz CT molecular complexity index is 909. The Morgan fingerprint density at radius 3 is 2.46 bits per heavy atom. The summed E-state index contributed by atoms with van der Waals surface area (Å²) in [6.07, 6.45) is 2.13. The van der Waals surface area contributed by atoms with Crippen molar-refractivity contribution in [2.75, 3.05) is 32.6 Å². The number of benzene rings is 2. The molecule has 26 heavy (non-hydrogen) atoms. The summed E-state index contributed by atoms with van der Waals surface area (Å²) in [7, 11) is 0.175. The molecule has 5 nitrogen and oxygen atoms in total. The molecule has 0 saturated carbocycles. The fourth-order valence-electron chi connectivity index (χ4n) is 4.02. The molecule has 2 aliphatic rings. The molecule has 0 radical (unpaired) electrons. The summed E-state index contributed by atoms with van der Waals surface area (Å²) in [5.74, 6) is 1.02. The number of nitrogens with zero attached hydrogens (tertiary/aromatic N) is 1. The molecule has 0 aliphatic carbocycles. The molecule has 4 rings (SSSR count). The highest BCUT2D eigenvalue weighted by atomic mass is 32.2. The van der Waals surface area contributed by atoms with Crippen LogP contribution in [0, 0.1) is 0 Å². The van der Waals surface area contributed by atoms with Gasteiger partial charge in [-0.1, -0.05) is 0 Å². The van der Waals surface area contributed by atoms with Gasteiger partial charge in [-0.2, -0.15) is 0 Å². The van der Waals surface area contributed by atoms with Crippen LogP contribution in [0.3, 0.4) is 0 Å². The molecule has 0 unspecified atom stereocenters. The SMILES string of the molecule is COc1ccc(S(=O)(=O)c2ccc3c(c2)[C@@H]2CCN(C)CC[C@H]2N3)cc1. The van der Waals surface area contributed by atoms with Crippen molar-refractivity contribution in [1.82, 2.24) is 4.90 Å². The third-order valence-corrected chi connectivity index (χ3v) is 7.34. The van der Waals surface area contributed by atoms with Gasteiger partial charge in [-0.05, 0) is 81.0 Å². The number of ether oxygens (including phenoxy) is 1. The molecule has 0 amide bonds. The maximum absolute atomic E-state index is 13.0. The molecule has 0 spiro atoms. The largest absolute Gasteiger partial charge is 0.497 e. The van der Waals surface area contributed by atoms with Crippen LogP contribution in [0.4, 0.5) is 5.69 Å². The first-order valence-corrected chi connectivity index (χ1v) is 10.5. The fourth-order valence-corrected chi connectivity index (χ4v) is 5.31. The maximum atomic E-state index is 13.0. The molecular formula is C20H24N2O3S. The van der Waals surface area contributed by atoms with Crippen LogP contribution in [-0.4, -0.2) is 46.6 Å². The van der Waals surface area contributed by atoms with Crippen LogP contribution in [0.15, 0.2) is 52.3 Å². The number of hydrogen-bond acceptors (Lipinski definition) is 5. The Kier molecular flexibility index (Phi) is 4.40. The van der Waals surface area contributed by atoms with Crippen molar-refractivity contribution in [2.45, 2.75) is 34.6 Å². The molecule has 0 aromatic heterocycles. The van der Waals surface area contributed by atoms with Gasteiger partial charge >= 0.3 is 0 Å². The number of methoxy groups -OCH3 is 1. The summed E-state index contributed by atoms with van der Waals surface area (Å²) in [5.41, 5.74) is 2.22. The highest BCUT2D eigenvalue weighted by molar-refractivity contribution is 7.91. The zero-order valence-corrected chi connectivity index (χ0v) is 15.9. The van der Waals surface area contributed by atoms with Gasteiger partial charge < -0.3 is 15.0 Å². The third kappa shape index (κ3) is 2.97. The van der Waals surface area contributed by atoms with E-state index in [1.165, 1.54) is 0 Å². The molecule has 2 aliphatic heterocycles. The molecule has 2 aromatic rings. The average Bonchev–Trinajstić information content (AvgIpc) is 2.90. The number of anilines is 1. The van der Waals surface area contributed by atoms with Crippen molar-refractivity contribution in [3.63, 3.8) is 0 Å². The lowest BCUT2D eigenvalue weighted by atomic mass is 9.91. The van der Waals surface area contributed by atoms with Crippen LogP contribution in [0.25, 0.3) is 0 Å². The summed E-state index contributed by atoms with van der Waals surface area (Å²) in [5, 5.41) is 3.59. The Balaban J connectivity index is 1.69. The van der Waals surface area contributed by atoms with Crippen molar-refractivity contribution in [3.8, 4) is 5.75 Å². The van der Waals surface area contributed by atoms with Crippen molar-refractivity contribution in [2.24, 2.45) is 0 Å². The van der Waals surface area contributed by atoms with Crippen LogP contribution in [0.2, 0.25) is 0 Å². The molecule has 138 valence electrons. The van der Waals surface area contributed by atoms with Gasteiger partial charge in [0.25, 0.3) is 0 Å². The highest BCUT2D eigenvalue weighted by Gasteiger charge is 2.34. The molecule has 6 heteroatoms. The van der Waals surface area contributed by atoms with Gasteiger partial charge in [-0.15, -0.1) is 0 Å². The van der Waals surface area contributed by atoms with Crippen LogP contribution < -0.4 is 10.1 Å². The van der Waals surface area contributed by atoms with Gasteiger partial charge in [-0.3, -0.25) is 0 Å². The lowest BCUT2D eigenvalue weighted by Crippen LogP contribution is -2.22. The molecule has 1 fully saturated rings. The first kappa shape index (κ1) is 17.4. The van der Waals surface area contributed by atoms with E-state index in [0.717, 1.165) is 37.2 Å². The van der Waals surface area contributed by atoms with E-state index < -0.39 is 9.84 Å². The van der Waals surface area contributed by atoms with Gasteiger partial charge in [-0.25, -0.2) is 8.42 Å². The monoisotopic (exact) mass is 372 g/mol. The quantitative estimate of drug-likeness (QED) is 0.897. The van der Waals surface area contributed by atoms with E-state index >= 15 is 0 Å². The zero-order valence-electron chi connectivity index (χ0n) is 15.1. The van der Waals surface area contributed by atoms with Crippen molar-refractivity contribution in [1.29, 1.82) is 0 Å². The van der Waals surface area contributed by atoms with E-state index in [1.54, 1.807) is 37.4 Å². The van der Waals surface area contributed by atoms with E-state index in [2.05, 4.69) is 17.3 Å². The fraction of sp³-hybridized carbons (Fsp3) is 0.400. The predicted octanol–water partition coefficient (Wildman–Crippen LogP) is 3.13. The van der Waals surface area contributed by atoms with Crippen LogP contribution in [0.5, 0.6) is 5.75 Å². The van der Waals surface area contributed by atoms with Gasteiger partial charge in [0.05, 0.1) is 16.9 Å². The number of rotatable bonds is 3. The minimum atomic E-state index is -3.54. The summed E-state index contributed by atoms with van der Waals surface area (Å²) in [6, 6.07) is 12.5. The minimum Gasteiger partial charge on any atom is -0.497 e. The number of sulfone groups is 1. The average molecular weight is 372 g/mol. The second kappa shape index (κ2) is 6.59. The Labute approximate surface area is 154 Å². The van der Waals surface area contributed by atoms with Gasteiger partial charge in [0.2, 0.25) is 9.84 Å². The van der Waals surface area contributed by atoms with Crippen molar-refractivity contribution in [3.05, 3.63) is 48.0 Å². The molecule has 0 bridgehead atoms. The standard InChI is InChI=1S/C20H24N2O3S/c1-22-11-9-17-18-13-16(7-8-19(18)21-20(17)10-12-22)26(23,24)15-5-3-14(25-2)4-6-15/h3-8,13,17,20-21H,9-12H2,1-2H3/t17-,20+/m0/s1. The van der Waals surface area contributed by atoms with Crippen LogP contribution in [0.1, 0.15) is 24.3 Å². The van der Waals surface area contributed by atoms with Gasteiger partial charge in [0.15, 0.2) is 0 Å². The molecular weight excluding hydrogens is 348 g/mol. The van der Waals surface area contributed by atoms with Crippen molar-refractivity contribution < 1.29 is 13.2 Å². The first-order valence-electron chi connectivity index (χ1n) is 8.97. The second-order valence-corrected chi connectivity index (χ2v) is 9.12. The van der Waals surface area contributed by atoms with E-state index in [0.29, 0.717) is 27.5 Å². The first-order chi connectivity index (χ1) is 12.5. The Morgan fingerprint density at radius 2 is 1.73 bits per heavy atom. The number of likely N-dealkylation sites (tertiary alicyclic amines) is 1. The zero-order chi connectivity index (χ0) is 18.3. The van der Waals surface area contributed by atoms with Crippen molar-refractivity contribution >= 4 is 15.5 Å². The van der Waals surface area contributed by atoms with E-state index in [-0.39, 0.29) is 0 Å². The maximum Gasteiger partial charge on any atom is 0.206 e. The molecule has 2 heterocycles. The molecule has 2 atom stereocenters. The summed E-state index contributed by atoms with van der Waals surface area (Å²) >= 11 is 0. The number of fused-ring (bicyclic) bond motifs is 3. The van der Waals surface area contributed by atoms with E-state index in [1.807, 2.05) is 12.1 Å². The lowest BCUT2D eigenvalue weighted by molar-refractivity contribution is 0.346. The van der Waals surface area contributed by atoms with Gasteiger partial charge in [0, 0.05) is 17.6 Å². The smallest absolute Gasteiger partial charge is 0.206 e. The highest BCUT2D eigenvalue weighted by Crippen LogP contribution is 2.42. The van der Waals surface area contributed by atoms with Crippen LogP contribution >= 0.6 is 0 Å². The molecule has 2 aromatic carbocycles. The molecule has 1 saturated heterocycles. The summed E-state index contributed by atoms with van der Waals surface area (Å²) in [4.78, 5) is 3.00. The Hall–Kier alpha value is -2.05. The number of hydrogen-bond donors (Lipinski definition) is 1. The van der Waals surface area contributed by atoms with Crippen LogP contribution in [-0.2, 0) is 9.84 Å². The van der Waals surface area contributed by atoms with Gasteiger partial charge in [0.1, 0.15) is 5.75 Å². The lowest BCUT2D eigenvalue weighted by Gasteiger charge is -2.16. The third-order valence-electron chi connectivity index (χ3n) is 5.57. The van der Waals surface area contributed by atoms with E-state index in [9.17, 15) is 8.42 Å². The summed E-state index contributed by atoms with van der Waals surface area (Å²) in [6.45, 7) is 2.11. The predicted molar refractivity (Wildman–Crippen MR) is 102 cm³/mol. The summed E-state index contributed by atoms with van der Waals surface area (Å²) < 4.78 is 31.2. The normalized spacial score (nSPS) is 22.8. The number of nitrogens with one attached hydrogen (secondary N) is 1. The topological polar surface area (TPSA) is 58.6 Å². The van der Waals surface area contributed by atoms with E-state index in [4.69, 9.17) is 4.74 Å². The molecule has 1 N–H and O–H groups in total. The minimum absolute atomic E-state index is 0.293.